The Morgan fingerprint density at radius 3 is 2.36 bits per heavy atom. The van der Waals surface area contributed by atoms with Crippen molar-refractivity contribution in [2.45, 2.75) is 38.3 Å². The third-order valence-electron chi connectivity index (χ3n) is 6.38. The number of hydrogen-bond donors (Lipinski definition) is 1. The van der Waals surface area contributed by atoms with E-state index in [0.29, 0.717) is 31.3 Å². The largest absolute Gasteiger partial charge is 0.486 e. The van der Waals surface area contributed by atoms with Crippen LogP contribution >= 0.6 is 0 Å². The summed E-state index contributed by atoms with van der Waals surface area (Å²) in [4.78, 5) is 28.2. The molecular formula is C29H33N3O6S. The lowest BCUT2D eigenvalue weighted by Gasteiger charge is -2.32. The highest BCUT2D eigenvalue weighted by Crippen LogP contribution is 2.36. The zero-order valence-electron chi connectivity index (χ0n) is 22.3. The summed E-state index contributed by atoms with van der Waals surface area (Å²) in [6, 6.07) is 19.5. The molecule has 0 saturated carbocycles. The van der Waals surface area contributed by atoms with E-state index in [1.54, 1.807) is 50.2 Å². The van der Waals surface area contributed by atoms with Crippen molar-refractivity contribution in [3.8, 4) is 11.5 Å². The van der Waals surface area contributed by atoms with Gasteiger partial charge in [-0.05, 0) is 50.6 Å². The van der Waals surface area contributed by atoms with E-state index in [1.165, 1.54) is 17.0 Å². The molecule has 1 N–H and O–H groups in total. The van der Waals surface area contributed by atoms with Crippen molar-refractivity contribution in [1.29, 1.82) is 0 Å². The topological polar surface area (TPSA) is 105 Å². The number of ether oxygens (including phenoxy) is 2. The van der Waals surface area contributed by atoms with Gasteiger partial charge < -0.3 is 19.7 Å². The smallest absolute Gasteiger partial charge is 0.264 e. The van der Waals surface area contributed by atoms with Crippen LogP contribution in [-0.2, 0) is 26.2 Å². The number of amides is 2. The monoisotopic (exact) mass is 551 g/mol. The van der Waals surface area contributed by atoms with Gasteiger partial charge in [-0.25, -0.2) is 8.42 Å². The summed E-state index contributed by atoms with van der Waals surface area (Å²) in [5, 5.41) is 2.76. The normalized spacial score (nSPS) is 13.3. The minimum atomic E-state index is -4.16. The van der Waals surface area contributed by atoms with Crippen molar-refractivity contribution in [3.05, 3.63) is 83.9 Å². The van der Waals surface area contributed by atoms with Gasteiger partial charge in [-0.1, -0.05) is 48.0 Å². The molecule has 1 aliphatic heterocycles. The Morgan fingerprint density at radius 2 is 1.67 bits per heavy atom. The predicted octanol–water partition coefficient (Wildman–Crippen LogP) is 3.51. The summed E-state index contributed by atoms with van der Waals surface area (Å²) in [7, 11) is -4.16. The number of fused-ring (bicyclic) bond motifs is 1. The molecule has 1 heterocycles. The molecule has 206 valence electrons. The Kier molecular flexibility index (Phi) is 8.75. The van der Waals surface area contributed by atoms with Crippen LogP contribution in [0.15, 0.2) is 77.7 Å². The first-order chi connectivity index (χ1) is 18.7. The Hall–Kier alpha value is -4.05. The molecule has 0 radical (unpaired) electrons. The highest BCUT2D eigenvalue weighted by molar-refractivity contribution is 7.92. The number of nitrogens with one attached hydrogen (secondary N) is 1. The third-order valence-corrected chi connectivity index (χ3v) is 8.17. The molecule has 0 fully saturated rings. The fourth-order valence-corrected chi connectivity index (χ4v) is 5.77. The van der Waals surface area contributed by atoms with E-state index >= 15 is 0 Å². The minimum Gasteiger partial charge on any atom is -0.486 e. The molecule has 1 unspecified atom stereocenters. The lowest BCUT2D eigenvalue weighted by atomic mass is 10.1. The number of aryl methyl sites for hydroxylation is 1. The molecular weight excluding hydrogens is 518 g/mol. The second kappa shape index (κ2) is 12.2. The minimum absolute atomic E-state index is 0.0368. The van der Waals surface area contributed by atoms with Gasteiger partial charge in [-0.2, -0.15) is 0 Å². The van der Waals surface area contributed by atoms with Crippen LogP contribution in [0.2, 0.25) is 0 Å². The van der Waals surface area contributed by atoms with Gasteiger partial charge in [0, 0.05) is 19.2 Å². The van der Waals surface area contributed by atoms with E-state index < -0.39 is 28.5 Å². The number of anilines is 1. The fourth-order valence-electron chi connectivity index (χ4n) is 4.35. The van der Waals surface area contributed by atoms with E-state index in [9.17, 15) is 18.0 Å². The fraction of sp³-hybridized carbons (Fsp3) is 0.310. The van der Waals surface area contributed by atoms with Crippen LogP contribution in [0.3, 0.4) is 0 Å². The number of hydrogen-bond acceptors (Lipinski definition) is 6. The average molecular weight is 552 g/mol. The second-order valence-corrected chi connectivity index (χ2v) is 11.1. The number of likely N-dealkylation sites (N-methyl/N-ethyl adjacent to an activating group) is 1. The molecule has 1 aliphatic rings. The first kappa shape index (κ1) is 28.0. The lowest BCUT2D eigenvalue weighted by Crippen LogP contribution is -2.51. The molecule has 3 aromatic carbocycles. The van der Waals surface area contributed by atoms with Crippen LogP contribution in [0.5, 0.6) is 11.5 Å². The van der Waals surface area contributed by atoms with Crippen LogP contribution < -0.4 is 19.1 Å². The van der Waals surface area contributed by atoms with E-state index in [2.05, 4.69) is 5.32 Å². The molecule has 9 nitrogen and oxygen atoms in total. The molecule has 3 aromatic rings. The average Bonchev–Trinajstić information content (AvgIpc) is 2.94. The van der Waals surface area contributed by atoms with Crippen molar-refractivity contribution in [2.75, 3.05) is 30.6 Å². The Labute approximate surface area is 229 Å². The molecule has 10 heteroatoms. The van der Waals surface area contributed by atoms with Crippen LogP contribution in [0, 0.1) is 6.92 Å². The lowest BCUT2D eigenvalue weighted by molar-refractivity contribution is -0.139. The molecule has 0 aromatic heterocycles. The van der Waals surface area contributed by atoms with Crippen molar-refractivity contribution in [3.63, 3.8) is 0 Å². The van der Waals surface area contributed by atoms with Crippen LogP contribution in [-0.4, -0.2) is 57.5 Å². The SMILES string of the molecule is CCNC(=O)C(C)N(Cc1cccc(C)c1)C(=O)CN(c1ccc2c(c1)OCCO2)S(=O)(=O)c1ccccc1. The summed E-state index contributed by atoms with van der Waals surface area (Å²) in [6.07, 6.45) is 0. The van der Waals surface area contributed by atoms with Crippen molar-refractivity contribution < 1.29 is 27.5 Å². The maximum atomic E-state index is 13.9. The van der Waals surface area contributed by atoms with Crippen LogP contribution in [0.25, 0.3) is 0 Å². The maximum absolute atomic E-state index is 13.9. The van der Waals surface area contributed by atoms with Gasteiger partial charge in [-0.3, -0.25) is 13.9 Å². The maximum Gasteiger partial charge on any atom is 0.264 e. The summed E-state index contributed by atoms with van der Waals surface area (Å²) in [5.74, 6) is 0.0473. The van der Waals surface area contributed by atoms with Gasteiger partial charge >= 0.3 is 0 Å². The molecule has 0 spiro atoms. The van der Waals surface area contributed by atoms with E-state index in [4.69, 9.17) is 9.47 Å². The third kappa shape index (κ3) is 6.51. The standard InChI is InChI=1S/C29H33N3O6S/c1-4-30-29(34)22(3)31(19-23-10-8-9-21(2)17-23)28(33)20-32(39(35,36)25-11-6-5-7-12-25)24-13-14-26-27(18-24)38-16-15-37-26/h5-14,17-18,22H,4,15-16,19-20H2,1-3H3,(H,30,34). The molecule has 1 atom stereocenters. The van der Waals surface area contributed by atoms with Gasteiger partial charge in [0.15, 0.2) is 11.5 Å². The zero-order valence-corrected chi connectivity index (χ0v) is 23.1. The van der Waals surface area contributed by atoms with Gasteiger partial charge in [0.25, 0.3) is 10.0 Å². The Morgan fingerprint density at radius 1 is 0.949 bits per heavy atom. The number of benzene rings is 3. The molecule has 0 aliphatic carbocycles. The van der Waals surface area contributed by atoms with Crippen LogP contribution in [0.1, 0.15) is 25.0 Å². The quantitative estimate of drug-likeness (QED) is 0.414. The summed E-state index contributed by atoms with van der Waals surface area (Å²) in [6.45, 7) is 6.12. The first-order valence-electron chi connectivity index (χ1n) is 12.8. The van der Waals surface area contributed by atoms with Gasteiger partial charge in [-0.15, -0.1) is 0 Å². The number of nitrogens with zero attached hydrogens (tertiary/aromatic N) is 2. The second-order valence-electron chi connectivity index (χ2n) is 9.23. The Balaban J connectivity index is 1.73. The molecule has 39 heavy (non-hydrogen) atoms. The van der Waals surface area contributed by atoms with E-state index in [-0.39, 0.29) is 23.0 Å². The highest BCUT2D eigenvalue weighted by Gasteiger charge is 2.33. The zero-order chi connectivity index (χ0) is 28.0. The van der Waals surface area contributed by atoms with E-state index in [1.807, 2.05) is 31.2 Å². The van der Waals surface area contributed by atoms with Gasteiger partial charge in [0.1, 0.15) is 25.8 Å². The van der Waals surface area contributed by atoms with Crippen LogP contribution in [0.4, 0.5) is 5.69 Å². The summed E-state index contributed by atoms with van der Waals surface area (Å²) in [5.41, 5.74) is 2.09. The molecule has 4 rings (SSSR count). The highest BCUT2D eigenvalue weighted by atomic mass is 32.2. The number of carbonyl (C=O) groups is 2. The Bertz CT molecular complexity index is 1430. The predicted molar refractivity (Wildman–Crippen MR) is 148 cm³/mol. The van der Waals surface area contributed by atoms with Crippen molar-refractivity contribution in [1.82, 2.24) is 10.2 Å². The van der Waals surface area contributed by atoms with Gasteiger partial charge in [0.2, 0.25) is 11.8 Å². The first-order valence-corrected chi connectivity index (χ1v) is 14.2. The number of rotatable bonds is 10. The van der Waals surface area contributed by atoms with Crippen molar-refractivity contribution >= 4 is 27.5 Å². The molecule has 0 saturated heterocycles. The number of sulfonamides is 1. The molecule has 2 amide bonds. The van der Waals surface area contributed by atoms with Gasteiger partial charge in [0.05, 0.1) is 10.6 Å². The molecule has 0 bridgehead atoms. The van der Waals surface area contributed by atoms with E-state index in [0.717, 1.165) is 15.4 Å². The number of carbonyl (C=O) groups excluding carboxylic acids is 2. The summed E-state index contributed by atoms with van der Waals surface area (Å²) < 4.78 is 40.1. The van der Waals surface area contributed by atoms with Crippen molar-refractivity contribution in [2.24, 2.45) is 0 Å². The summed E-state index contributed by atoms with van der Waals surface area (Å²) >= 11 is 0.